The molecule has 3 rings (SSSR count). The lowest BCUT2D eigenvalue weighted by Gasteiger charge is -2.01. The summed E-state index contributed by atoms with van der Waals surface area (Å²) in [7, 11) is 0. The van der Waals surface area contributed by atoms with E-state index in [0.29, 0.717) is 0 Å². The van der Waals surface area contributed by atoms with Crippen LogP contribution in [0.1, 0.15) is 10.4 Å². The van der Waals surface area contributed by atoms with Gasteiger partial charge in [-0.05, 0) is 17.7 Å². The fourth-order valence-electron chi connectivity index (χ4n) is 1.98. The van der Waals surface area contributed by atoms with Crippen LogP contribution >= 0.6 is 0 Å². The van der Waals surface area contributed by atoms with E-state index >= 15 is 0 Å². The van der Waals surface area contributed by atoms with Gasteiger partial charge in [0.1, 0.15) is 0 Å². The first-order valence-corrected chi connectivity index (χ1v) is 4.97. The van der Waals surface area contributed by atoms with Crippen molar-refractivity contribution in [1.29, 1.82) is 0 Å². The third-order valence-electron chi connectivity index (χ3n) is 2.74. The lowest BCUT2D eigenvalue weighted by Crippen LogP contribution is -2.21. The molecular formula is C13H8NO2-. The van der Waals surface area contributed by atoms with Crippen molar-refractivity contribution in [2.45, 2.75) is 0 Å². The Balaban J connectivity index is 2.41. The van der Waals surface area contributed by atoms with Crippen LogP contribution in [0.4, 0.5) is 0 Å². The van der Waals surface area contributed by atoms with E-state index in [4.69, 9.17) is 0 Å². The van der Waals surface area contributed by atoms with Crippen LogP contribution in [0.5, 0.6) is 0 Å². The van der Waals surface area contributed by atoms with Crippen LogP contribution < -0.4 is 5.11 Å². The van der Waals surface area contributed by atoms with Gasteiger partial charge in [0.15, 0.2) is 0 Å². The van der Waals surface area contributed by atoms with E-state index in [9.17, 15) is 9.90 Å². The maximum atomic E-state index is 10.7. The summed E-state index contributed by atoms with van der Waals surface area (Å²) in [6, 6.07) is 12.8. The first-order valence-electron chi connectivity index (χ1n) is 4.97. The smallest absolute Gasteiger partial charge is 0.0716 e. The standard InChI is InChI=1S/C13H9NO2/c15-13(16)8-5-6-10-9-3-1-2-4-11(9)14-12(10)7-8/h1-7,14H,(H,15,16)/p-1. The van der Waals surface area contributed by atoms with Crippen molar-refractivity contribution in [3.8, 4) is 0 Å². The molecule has 0 bridgehead atoms. The number of carbonyl (C=O) groups excluding carboxylic acids is 1. The number of benzene rings is 2. The number of hydrogen-bond donors (Lipinski definition) is 1. The molecular weight excluding hydrogens is 202 g/mol. The van der Waals surface area contributed by atoms with Gasteiger partial charge in [0, 0.05) is 21.8 Å². The Kier molecular flexibility index (Phi) is 1.74. The van der Waals surface area contributed by atoms with Crippen LogP contribution in [0, 0.1) is 0 Å². The highest BCUT2D eigenvalue weighted by Crippen LogP contribution is 2.25. The van der Waals surface area contributed by atoms with Crippen molar-refractivity contribution in [3.05, 3.63) is 48.0 Å². The van der Waals surface area contributed by atoms with Crippen molar-refractivity contribution in [3.63, 3.8) is 0 Å². The van der Waals surface area contributed by atoms with Crippen molar-refractivity contribution >= 4 is 27.8 Å². The lowest BCUT2D eigenvalue weighted by molar-refractivity contribution is -0.255. The Labute approximate surface area is 91.3 Å². The molecule has 0 aliphatic rings. The number of aromatic amines is 1. The molecule has 0 saturated carbocycles. The molecule has 0 aliphatic heterocycles. The minimum absolute atomic E-state index is 0.194. The Morgan fingerprint density at radius 3 is 2.56 bits per heavy atom. The number of para-hydroxylation sites is 1. The van der Waals surface area contributed by atoms with Gasteiger partial charge in [-0.25, -0.2) is 0 Å². The normalized spacial score (nSPS) is 11.0. The summed E-state index contributed by atoms with van der Waals surface area (Å²) < 4.78 is 0. The molecule has 0 fully saturated rings. The third-order valence-corrected chi connectivity index (χ3v) is 2.74. The summed E-state index contributed by atoms with van der Waals surface area (Å²) in [6.07, 6.45) is 0. The number of rotatable bonds is 1. The van der Waals surface area contributed by atoms with Gasteiger partial charge in [0.2, 0.25) is 0 Å². The Morgan fingerprint density at radius 2 is 1.75 bits per heavy atom. The highest BCUT2D eigenvalue weighted by Gasteiger charge is 2.04. The van der Waals surface area contributed by atoms with E-state index in [1.807, 2.05) is 24.3 Å². The topological polar surface area (TPSA) is 55.9 Å². The Bertz CT molecular complexity index is 697. The quantitative estimate of drug-likeness (QED) is 0.664. The molecule has 0 saturated heterocycles. The summed E-state index contributed by atoms with van der Waals surface area (Å²) in [5.74, 6) is -1.15. The molecule has 16 heavy (non-hydrogen) atoms. The van der Waals surface area contributed by atoms with E-state index < -0.39 is 5.97 Å². The zero-order chi connectivity index (χ0) is 11.1. The molecule has 0 atom stereocenters. The van der Waals surface area contributed by atoms with Gasteiger partial charge in [-0.15, -0.1) is 0 Å². The highest BCUT2D eigenvalue weighted by atomic mass is 16.4. The summed E-state index contributed by atoms with van der Waals surface area (Å²) >= 11 is 0. The molecule has 0 aliphatic carbocycles. The van der Waals surface area contributed by atoms with Gasteiger partial charge in [-0.1, -0.05) is 30.3 Å². The maximum Gasteiger partial charge on any atom is 0.0716 e. The van der Waals surface area contributed by atoms with Crippen LogP contribution in [-0.4, -0.2) is 11.0 Å². The van der Waals surface area contributed by atoms with Gasteiger partial charge in [-0.2, -0.15) is 0 Å². The number of fused-ring (bicyclic) bond motifs is 3. The zero-order valence-electron chi connectivity index (χ0n) is 8.36. The van der Waals surface area contributed by atoms with Crippen LogP contribution in [0.25, 0.3) is 21.8 Å². The largest absolute Gasteiger partial charge is 0.545 e. The van der Waals surface area contributed by atoms with E-state index in [1.165, 1.54) is 0 Å². The fraction of sp³-hybridized carbons (Fsp3) is 0. The third kappa shape index (κ3) is 1.18. The highest BCUT2D eigenvalue weighted by molar-refractivity contribution is 6.08. The Hall–Kier alpha value is -2.29. The zero-order valence-corrected chi connectivity index (χ0v) is 8.36. The van der Waals surface area contributed by atoms with Gasteiger partial charge in [0.25, 0.3) is 0 Å². The van der Waals surface area contributed by atoms with Crippen LogP contribution in [0.3, 0.4) is 0 Å². The average molecular weight is 210 g/mol. The predicted molar refractivity (Wildman–Crippen MR) is 60.1 cm³/mol. The molecule has 3 heteroatoms. The van der Waals surface area contributed by atoms with Gasteiger partial charge >= 0.3 is 0 Å². The molecule has 1 aromatic heterocycles. The first kappa shape index (κ1) is 8.97. The second-order valence-electron chi connectivity index (χ2n) is 3.72. The number of carbonyl (C=O) groups is 1. The SMILES string of the molecule is O=C([O-])c1ccc2c(c1)[nH]c1ccccc12. The molecule has 0 spiro atoms. The number of aromatic carboxylic acids is 1. The molecule has 2 aromatic carbocycles. The molecule has 0 unspecified atom stereocenters. The summed E-state index contributed by atoms with van der Waals surface area (Å²) in [6.45, 7) is 0. The number of carboxylic acid groups (broad SMARTS) is 1. The van der Waals surface area contributed by atoms with Gasteiger partial charge in [0.05, 0.1) is 5.97 Å². The molecule has 1 heterocycles. The molecule has 0 amide bonds. The molecule has 0 radical (unpaired) electrons. The van der Waals surface area contributed by atoms with Gasteiger partial charge < -0.3 is 14.9 Å². The maximum absolute atomic E-state index is 10.7. The van der Waals surface area contributed by atoms with E-state index in [2.05, 4.69) is 4.98 Å². The number of carboxylic acids is 1. The van der Waals surface area contributed by atoms with Crippen LogP contribution in [-0.2, 0) is 0 Å². The van der Waals surface area contributed by atoms with Crippen molar-refractivity contribution in [1.82, 2.24) is 4.98 Å². The van der Waals surface area contributed by atoms with Crippen molar-refractivity contribution in [2.75, 3.05) is 0 Å². The number of aromatic nitrogens is 1. The average Bonchev–Trinajstić information content (AvgIpc) is 2.66. The van der Waals surface area contributed by atoms with Crippen LogP contribution in [0.15, 0.2) is 42.5 Å². The van der Waals surface area contributed by atoms with E-state index in [0.717, 1.165) is 21.8 Å². The number of hydrogen-bond acceptors (Lipinski definition) is 2. The van der Waals surface area contributed by atoms with Crippen molar-refractivity contribution < 1.29 is 9.90 Å². The molecule has 1 N–H and O–H groups in total. The van der Waals surface area contributed by atoms with Crippen LogP contribution in [0.2, 0.25) is 0 Å². The van der Waals surface area contributed by atoms with E-state index in [1.54, 1.807) is 18.2 Å². The predicted octanol–water partition coefficient (Wildman–Crippen LogP) is 1.68. The molecule has 78 valence electrons. The summed E-state index contributed by atoms with van der Waals surface area (Å²) in [4.78, 5) is 13.9. The fourth-order valence-corrected chi connectivity index (χ4v) is 1.98. The second kappa shape index (κ2) is 3.10. The monoisotopic (exact) mass is 210 g/mol. The second-order valence-corrected chi connectivity index (χ2v) is 3.72. The van der Waals surface area contributed by atoms with E-state index in [-0.39, 0.29) is 5.56 Å². The lowest BCUT2D eigenvalue weighted by atomic mass is 10.1. The minimum Gasteiger partial charge on any atom is -0.545 e. The van der Waals surface area contributed by atoms with Gasteiger partial charge in [-0.3, -0.25) is 0 Å². The van der Waals surface area contributed by atoms with Crippen molar-refractivity contribution in [2.24, 2.45) is 0 Å². The first-order chi connectivity index (χ1) is 7.75. The summed E-state index contributed by atoms with van der Waals surface area (Å²) in [5, 5.41) is 12.9. The molecule has 3 aromatic rings. The Morgan fingerprint density at radius 1 is 1.00 bits per heavy atom. The molecule has 3 nitrogen and oxygen atoms in total. The number of nitrogens with one attached hydrogen (secondary N) is 1. The number of H-pyrrole nitrogens is 1. The summed E-state index contributed by atoms with van der Waals surface area (Å²) in [5.41, 5.74) is 2.02. The minimum atomic E-state index is -1.15.